The van der Waals surface area contributed by atoms with Crippen molar-refractivity contribution < 1.29 is 18.6 Å². The van der Waals surface area contributed by atoms with Gasteiger partial charge in [-0.3, -0.25) is 0 Å². The standard InChI is InChI=1S/C10H15NO4S/c1-16(14,15)8-4-2-7(3-5-8)10(13)9(11)6-12/h2-5,9-10,12-13H,6,11H2,1H3/t9-,10-/m0/s1. The van der Waals surface area contributed by atoms with Gasteiger partial charge in [0.2, 0.25) is 0 Å². The molecule has 1 aromatic rings. The van der Waals surface area contributed by atoms with E-state index in [1.807, 2.05) is 0 Å². The van der Waals surface area contributed by atoms with Crippen LogP contribution >= 0.6 is 0 Å². The third kappa shape index (κ3) is 3.02. The fourth-order valence-electron chi connectivity index (χ4n) is 1.26. The predicted molar refractivity (Wildman–Crippen MR) is 59.6 cm³/mol. The summed E-state index contributed by atoms with van der Waals surface area (Å²) in [6.45, 7) is -0.338. The molecule has 90 valence electrons. The van der Waals surface area contributed by atoms with Crippen LogP contribution in [0.4, 0.5) is 0 Å². The SMILES string of the molecule is CS(=O)(=O)c1ccc([C@H](O)[C@@H](N)CO)cc1. The lowest BCUT2D eigenvalue weighted by Crippen LogP contribution is -2.31. The monoisotopic (exact) mass is 245 g/mol. The molecule has 1 rings (SSSR count). The lowest BCUT2D eigenvalue weighted by atomic mass is 10.0. The Labute approximate surface area is 94.4 Å². The first-order chi connectivity index (χ1) is 7.36. The molecule has 1 aromatic carbocycles. The minimum atomic E-state index is -3.23. The van der Waals surface area contributed by atoms with E-state index >= 15 is 0 Å². The van der Waals surface area contributed by atoms with Gasteiger partial charge in [0.15, 0.2) is 9.84 Å². The first kappa shape index (κ1) is 13.1. The van der Waals surface area contributed by atoms with Crippen LogP contribution in [0.2, 0.25) is 0 Å². The molecule has 0 saturated heterocycles. The topological polar surface area (TPSA) is 101 Å². The number of hydrogen-bond donors (Lipinski definition) is 3. The van der Waals surface area contributed by atoms with Crippen molar-refractivity contribution in [2.75, 3.05) is 12.9 Å². The minimum Gasteiger partial charge on any atom is -0.395 e. The van der Waals surface area contributed by atoms with Crippen LogP contribution in [0, 0.1) is 0 Å². The van der Waals surface area contributed by atoms with E-state index in [4.69, 9.17) is 10.8 Å². The van der Waals surface area contributed by atoms with Gasteiger partial charge >= 0.3 is 0 Å². The molecule has 0 bridgehead atoms. The van der Waals surface area contributed by atoms with Crippen molar-refractivity contribution in [3.63, 3.8) is 0 Å². The number of sulfone groups is 1. The number of benzene rings is 1. The molecule has 5 nitrogen and oxygen atoms in total. The van der Waals surface area contributed by atoms with Crippen LogP contribution in [-0.4, -0.2) is 37.5 Å². The van der Waals surface area contributed by atoms with Gasteiger partial charge in [0.05, 0.1) is 23.6 Å². The number of rotatable bonds is 4. The molecule has 0 aliphatic carbocycles. The molecule has 0 amide bonds. The molecule has 0 heterocycles. The Balaban J connectivity index is 2.96. The van der Waals surface area contributed by atoms with Crippen molar-refractivity contribution in [3.05, 3.63) is 29.8 Å². The van der Waals surface area contributed by atoms with E-state index < -0.39 is 22.0 Å². The van der Waals surface area contributed by atoms with Gasteiger partial charge in [-0.2, -0.15) is 0 Å². The summed E-state index contributed by atoms with van der Waals surface area (Å²) >= 11 is 0. The number of nitrogens with two attached hydrogens (primary N) is 1. The Morgan fingerprint density at radius 3 is 2.19 bits per heavy atom. The Kier molecular flexibility index (Phi) is 4.03. The summed E-state index contributed by atoms with van der Waals surface area (Å²) in [4.78, 5) is 0.181. The minimum absolute atomic E-state index is 0.181. The lowest BCUT2D eigenvalue weighted by molar-refractivity contribution is 0.109. The van der Waals surface area contributed by atoms with Crippen LogP contribution in [0.1, 0.15) is 11.7 Å². The van der Waals surface area contributed by atoms with Gasteiger partial charge in [0.1, 0.15) is 0 Å². The molecule has 0 aliphatic rings. The fourth-order valence-corrected chi connectivity index (χ4v) is 1.89. The maximum Gasteiger partial charge on any atom is 0.175 e. The quantitative estimate of drug-likeness (QED) is 0.660. The lowest BCUT2D eigenvalue weighted by Gasteiger charge is -2.16. The molecule has 16 heavy (non-hydrogen) atoms. The van der Waals surface area contributed by atoms with E-state index in [0.29, 0.717) is 5.56 Å². The van der Waals surface area contributed by atoms with Gasteiger partial charge < -0.3 is 15.9 Å². The first-order valence-corrected chi connectivity index (χ1v) is 6.60. The van der Waals surface area contributed by atoms with Crippen LogP contribution in [0.15, 0.2) is 29.2 Å². The van der Waals surface area contributed by atoms with Crippen molar-refractivity contribution >= 4 is 9.84 Å². The maximum absolute atomic E-state index is 11.2. The van der Waals surface area contributed by atoms with Crippen LogP contribution in [0.5, 0.6) is 0 Å². The number of hydrogen-bond acceptors (Lipinski definition) is 5. The highest BCUT2D eigenvalue weighted by atomic mass is 32.2. The Morgan fingerprint density at radius 2 is 1.81 bits per heavy atom. The number of aliphatic hydroxyl groups is 2. The molecular weight excluding hydrogens is 230 g/mol. The maximum atomic E-state index is 11.2. The Bertz CT molecular complexity index is 440. The van der Waals surface area contributed by atoms with E-state index in [1.165, 1.54) is 24.3 Å². The van der Waals surface area contributed by atoms with Crippen molar-refractivity contribution in [3.8, 4) is 0 Å². The zero-order chi connectivity index (χ0) is 12.3. The van der Waals surface area contributed by atoms with Gasteiger partial charge in [-0.15, -0.1) is 0 Å². The van der Waals surface area contributed by atoms with E-state index in [-0.39, 0.29) is 11.5 Å². The van der Waals surface area contributed by atoms with Crippen molar-refractivity contribution in [2.45, 2.75) is 17.0 Å². The smallest absolute Gasteiger partial charge is 0.175 e. The normalized spacial score (nSPS) is 15.8. The average Bonchev–Trinajstić information content (AvgIpc) is 2.26. The largest absolute Gasteiger partial charge is 0.395 e. The zero-order valence-corrected chi connectivity index (χ0v) is 9.68. The third-order valence-electron chi connectivity index (χ3n) is 2.27. The van der Waals surface area contributed by atoms with Crippen molar-refractivity contribution in [1.29, 1.82) is 0 Å². The van der Waals surface area contributed by atoms with Crippen molar-refractivity contribution in [1.82, 2.24) is 0 Å². The highest BCUT2D eigenvalue weighted by molar-refractivity contribution is 7.90. The van der Waals surface area contributed by atoms with Crippen LogP contribution < -0.4 is 5.73 Å². The van der Waals surface area contributed by atoms with Gasteiger partial charge in [-0.1, -0.05) is 12.1 Å². The number of aliphatic hydroxyl groups excluding tert-OH is 2. The van der Waals surface area contributed by atoms with E-state index in [1.54, 1.807) is 0 Å². The van der Waals surface area contributed by atoms with Gasteiger partial charge in [-0.25, -0.2) is 8.42 Å². The molecular formula is C10H15NO4S. The van der Waals surface area contributed by atoms with Crippen LogP contribution in [-0.2, 0) is 9.84 Å². The third-order valence-corrected chi connectivity index (χ3v) is 3.39. The zero-order valence-electron chi connectivity index (χ0n) is 8.87. The molecule has 0 spiro atoms. The summed E-state index contributed by atoms with van der Waals surface area (Å²) in [7, 11) is -3.23. The fraction of sp³-hybridized carbons (Fsp3) is 0.400. The first-order valence-electron chi connectivity index (χ1n) is 4.71. The van der Waals surface area contributed by atoms with Crippen molar-refractivity contribution in [2.24, 2.45) is 5.73 Å². The highest BCUT2D eigenvalue weighted by Crippen LogP contribution is 2.18. The second-order valence-corrected chi connectivity index (χ2v) is 5.65. The molecule has 6 heteroatoms. The molecule has 0 fully saturated rings. The average molecular weight is 245 g/mol. The summed E-state index contributed by atoms with van der Waals surface area (Å²) in [5.74, 6) is 0. The molecule has 0 aromatic heterocycles. The summed E-state index contributed by atoms with van der Waals surface area (Å²) in [6, 6.07) is 4.99. The molecule has 0 unspecified atom stereocenters. The summed E-state index contributed by atoms with van der Waals surface area (Å²) in [6.07, 6.45) is 0.108. The van der Waals surface area contributed by atoms with Gasteiger partial charge in [0.25, 0.3) is 0 Å². The van der Waals surface area contributed by atoms with Crippen LogP contribution in [0.25, 0.3) is 0 Å². The van der Waals surface area contributed by atoms with E-state index in [0.717, 1.165) is 6.26 Å². The molecule has 4 N–H and O–H groups in total. The van der Waals surface area contributed by atoms with Gasteiger partial charge in [-0.05, 0) is 17.7 Å². The molecule has 2 atom stereocenters. The van der Waals surface area contributed by atoms with E-state index in [2.05, 4.69) is 0 Å². The molecule has 0 aliphatic heterocycles. The second-order valence-electron chi connectivity index (χ2n) is 3.63. The van der Waals surface area contributed by atoms with Gasteiger partial charge in [0, 0.05) is 6.26 Å². The molecule has 0 saturated carbocycles. The summed E-state index contributed by atoms with van der Waals surface area (Å²) in [5, 5.41) is 18.4. The van der Waals surface area contributed by atoms with E-state index in [9.17, 15) is 13.5 Å². The van der Waals surface area contributed by atoms with Crippen LogP contribution in [0.3, 0.4) is 0 Å². The summed E-state index contributed by atoms with van der Waals surface area (Å²) in [5.41, 5.74) is 5.93. The molecule has 0 radical (unpaired) electrons. The Hall–Kier alpha value is -0.950. The second kappa shape index (κ2) is 4.92. The predicted octanol–water partition coefficient (Wildman–Crippen LogP) is -0.557. The summed E-state index contributed by atoms with van der Waals surface area (Å²) < 4.78 is 22.4. The Morgan fingerprint density at radius 1 is 1.31 bits per heavy atom. The highest BCUT2D eigenvalue weighted by Gasteiger charge is 2.16.